The van der Waals surface area contributed by atoms with E-state index in [2.05, 4.69) is 24.1 Å². The second kappa shape index (κ2) is 8.23. The summed E-state index contributed by atoms with van der Waals surface area (Å²) in [6.45, 7) is 10.2. The van der Waals surface area contributed by atoms with E-state index in [-0.39, 0.29) is 0 Å². The fourth-order valence-electron chi connectivity index (χ4n) is 3.42. The summed E-state index contributed by atoms with van der Waals surface area (Å²) in [5.41, 5.74) is 0. The van der Waals surface area contributed by atoms with Gasteiger partial charge in [0.05, 0.1) is 6.10 Å². The minimum absolute atomic E-state index is 0.499. The van der Waals surface area contributed by atoms with Crippen molar-refractivity contribution in [2.75, 3.05) is 32.8 Å². The molecule has 0 spiro atoms. The largest absolute Gasteiger partial charge is 0.377 e. The number of hydrogen-bond donors (Lipinski definition) is 1. The highest BCUT2D eigenvalue weighted by molar-refractivity contribution is 4.92. The van der Waals surface area contributed by atoms with Crippen LogP contribution in [0.4, 0.5) is 0 Å². The Morgan fingerprint density at radius 1 is 1.16 bits per heavy atom. The number of nitrogens with zero attached hydrogens (tertiary/aromatic N) is 1. The molecule has 0 radical (unpaired) electrons. The highest BCUT2D eigenvalue weighted by Crippen LogP contribution is 2.33. The van der Waals surface area contributed by atoms with Gasteiger partial charge in [-0.3, -0.25) is 4.90 Å². The molecular weight excluding hydrogens is 236 g/mol. The Morgan fingerprint density at radius 3 is 2.74 bits per heavy atom. The molecule has 19 heavy (non-hydrogen) atoms. The molecule has 0 aromatic carbocycles. The molecule has 2 aliphatic rings. The quantitative estimate of drug-likeness (QED) is 0.685. The summed E-state index contributed by atoms with van der Waals surface area (Å²) in [5.74, 6) is 0.886. The predicted molar refractivity (Wildman–Crippen MR) is 80.5 cm³/mol. The van der Waals surface area contributed by atoms with Crippen LogP contribution in [0.5, 0.6) is 0 Å². The molecule has 3 nitrogen and oxygen atoms in total. The van der Waals surface area contributed by atoms with Crippen molar-refractivity contribution in [2.45, 2.75) is 64.5 Å². The fraction of sp³-hybridized carbons (Fsp3) is 1.00. The fourth-order valence-corrected chi connectivity index (χ4v) is 3.42. The maximum absolute atomic E-state index is 5.96. The van der Waals surface area contributed by atoms with Crippen molar-refractivity contribution in [1.82, 2.24) is 10.2 Å². The summed E-state index contributed by atoms with van der Waals surface area (Å²) in [6, 6.07) is 0.831. The smallest absolute Gasteiger partial charge is 0.0702 e. The Bertz CT molecular complexity index is 247. The maximum Gasteiger partial charge on any atom is 0.0702 e. The van der Waals surface area contributed by atoms with Gasteiger partial charge in [0.25, 0.3) is 0 Å². The van der Waals surface area contributed by atoms with Gasteiger partial charge in [0.2, 0.25) is 0 Å². The van der Waals surface area contributed by atoms with E-state index in [4.69, 9.17) is 4.74 Å². The molecule has 1 aliphatic carbocycles. The maximum atomic E-state index is 5.96. The minimum atomic E-state index is 0.499. The van der Waals surface area contributed by atoms with Gasteiger partial charge in [-0.15, -0.1) is 0 Å². The first-order chi connectivity index (χ1) is 9.35. The minimum Gasteiger partial charge on any atom is -0.377 e. The lowest BCUT2D eigenvalue weighted by molar-refractivity contribution is -0.0393. The van der Waals surface area contributed by atoms with Crippen molar-refractivity contribution in [2.24, 2.45) is 5.92 Å². The molecule has 1 saturated heterocycles. The molecular formula is C16H32N2O. The normalized spacial score (nSPS) is 32.2. The van der Waals surface area contributed by atoms with Crippen molar-refractivity contribution in [3.63, 3.8) is 0 Å². The van der Waals surface area contributed by atoms with Crippen LogP contribution >= 0.6 is 0 Å². The van der Waals surface area contributed by atoms with E-state index >= 15 is 0 Å². The summed E-state index contributed by atoms with van der Waals surface area (Å²) in [6.07, 6.45) is 8.29. The van der Waals surface area contributed by atoms with E-state index in [1.807, 2.05) is 0 Å². The Morgan fingerprint density at radius 2 is 2.05 bits per heavy atom. The van der Waals surface area contributed by atoms with Crippen LogP contribution in [0, 0.1) is 5.92 Å². The first kappa shape index (κ1) is 15.3. The van der Waals surface area contributed by atoms with Crippen LogP contribution in [0.15, 0.2) is 0 Å². The third-order valence-corrected chi connectivity index (χ3v) is 4.65. The van der Waals surface area contributed by atoms with Crippen LogP contribution in [0.25, 0.3) is 0 Å². The number of piperidine rings is 1. The molecule has 0 aromatic rings. The summed E-state index contributed by atoms with van der Waals surface area (Å²) in [4.78, 5) is 2.71. The zero-order chi connectivity index (χ0) is 13.5. The summed E-state index contributed by atoms with van der Waals surface area (Å²) >= 11 is 0. The van der Waals surface area contributed by atoms with Crippen molar-refractivity contribution in [3.8, 4) is 0 Å². The monoisotopic (exact) mass is 268 g/mol. The highest BCUT2D eigenvalue weighted by Gasteiger charge is 2.37. The average molecular weight is 268 g/mol. The molecule has 3 unspecified atom stereocenters. The van der Waals surface area contributed by atoms with Gasteiger partial charge in [0.1, 0.15) is 0 Å². The van der Waals surface area contributed by atoms with E-state index < -0.39 is 0 Å². The molecule has 112 valence electrons. The Balaban J connectivity index is 1.71. The van der Waals surface area contributed by atoms with Gasteiger partial charge >= 0.3 is 0 Å². The Labute approximate surface area is 119 Å². The number of ether oxygens (including phenoxy) is 1. The second-order valence-corrected chi connectivity index (χ2v) is 6.24. The molecule has 0 aromatic heterocycles. The zero-order valence-electron chi connectivity index (χ0n) is 12.9. The molecule has 1 N–H and O–H groups in total. The van der Waals surface area contributed by atoms with E-state index in [0.717, 1.165) is 25.0 Å². The molecule has 3 heteroatoms. The van der Waals surface area contributed by atoms with E-state index in [1.54, 1.807) is 0 Å². The van der Waals surface area contributed by atoms with Gasteiger partial charge < -0.3 is 10.1 Å². The summed E-state index contributed by atoms with van der Waals surface area (Å²) in [5, 5.41) is 3.59. The van der Waals surface area contributed by atoms with Crippen molar-refractivity contribution >= 4 is 0 Å². The van der Waals surface area contributed by atoms with Crippen LogP contribution in [0.2, 0.25) is 0 Å². The molecule has 0 bridgehead atoms. The molecule has 1 aliphatic heterocycles. The third kappa shape index (κ3) is 4.44. The van der Waals surface area contributed by atoms with Gasteiger partial charge in [-0.2, -0.15) is 0 Å². The second-order valence-electron chi connectivity index (χ2n) is 6.24. The van der Waals surface area contributed by atoms with Crippen LogP contribution in [0.3, 0.4) is 0 Å². The highest BCUT2D eigenvalue weighted by atomic mass is 16.5. The summed E-state index contributed by atoms with van der Waals surface area (Å²) in [7, 11) is 0. The molecule has 1 heterocycles. The molecule has 3 atom stereocenters. The number of rotatable bonds is 8. The lowest BCUT2D eigenvalue weighted by atomic mass is 9.77. The first-order valence-electron chi connectivity index (χ1n) is 8.41. The van der Waals surface area contributed by atoms with Crippen LogP contribution in [0.1, 0.15) is 52.4 Å². The van der Waals surface area contributed by atoms with Gasteiger partial charge in [0.15, 0.2) is 0 Å². The average Bonchev–Trinajstić information content (AvgIpc) is 2.40. The van der Waals surface area contributed by atoms with Gasteiger partial charge in [-0.05, 0) is 64.1 Å². The number of hydrogen-bond acceptors (Lipinski definition) is 3. The van der Waals surface area contributed by atoms with Crippen molar-refractivity contribution in [1.29, 1.82) is 0 Å². The topological polar surface area (TPSA) is 24.5 Å². The van der Waals surface area contributed by atoms with Gasteiger partial charge in [0, 0.05) is 19.2 Å². The standard InChI is InChI=1S/C16H32N2O/c1-3-9-17-12-14-7-8-16(14)18-10-5-6-15(13-18)19-11-4-2/h14-17H,3-13H2,1-2H3. The molecule has 0 amide bonds. The summed E-state index contributed by atoms with van der Waals surface area (Å²) < 4.78 is 5.96. The van der Waals surface area contributed by atoms with Crippen LogP contribution in [-0.2, 0) is 4.74 Å². The lowest BCUT2D eigenvalue weighted by Crippen LogP contribution is -2.54. The van der Waals surface area contributed by atoms with Crippen LogP contribution in [-0.4, -0.2) is 49.8 Å². The van der Waals surface area contributed by atoms with Crippen LogP contribution < -0.4 is 5.32 Å². The Hall–Kier alpha value is -0.120. The zero-order valence-corrected chi connectivity index (χ0v) is 12.9. The van der Waals surface area contributed by atoms with Gasteiger partial charge in [-0.25, -0.2) is 0 Å². The van der Waals surface area contributed by atoms with Gasteiger partial charge in [-0.1, -0.05) is 13.8 Å². The van der Waals surface area contributed by atoms with Crippen molar-refractivity contribution < 1.29 is 4.74 Å². The molecule has 2 fully saturated rings. The first-order valence-corrected chi connectivity index (χ1v) is 8.41. The molecule has 2 rings (SSSR count). The number of nitrogens with one attached hydrogen (secondary N) is 1. The third-order valence-electron chi connectivity index (χ3n) is 4.65. The van der Waals surface area contributed by atoms with E-state index in [9.17, 15) is 0 Å². The lowest BCUT2D eigenvalue weighted by Gasteiger charge is -2.47. The molecule has 1 saturated carbocycles. The number of likely N-dealkylation sites (tertiary alicyclic amines) is 1. The Kier molecular flexibility index (Phi) is 6.62. The SMILES string of the molecule is CCCNCC1CCC1N1CCCC(OCCC)C1. The van der Waals surface area contributed by atoms with E-state index in [0.29, 0.717) is 6.10 Å². The van der Waals surface area contributed by atoms with Crippen molar-refractivity contribution in [3.05, 3.63) is 0 Å². The van der Waals surface area contributed by atoms with E-state index in [1.165, 1.54) is 58.3 Å². The predicted octanol–water partition coefficient (Wildman–Crippen LogP) is 2.66.